The molecule has 1 aromatic rings. The normalized spacial score (nSPS) is 10.5. The van der Waals surface area contributed by atoms with Gasteiger partial charge in [0.05, 0.1) is 29.4 Å². The van der Waals surface area contributed by atoms with Crippen LogP contribution in [0.25, 0.3) is 0 Å². The average Bonchev–Trinajstić information content (AvgIpc) is 2.56. The number of aromatic nitrogens is 2. The van der Waals surface area contributed by atoms with Crippen molar-refractivity contribution < 1.29 is 9.53 Å². The number of halogens is 1. The van der Waals surface area contributed by atoms with Crippen molar-refractivity contribution in [1.29, 1.82) is 0 Å². The number of carbonyl (C=O) groups excluding carboxylic acids is 1. The molecule has 0 atom stereocenters. The Morgan fingerprint density at radius 2 is 2.12 bits per heavy atom. The van der Waals surface area contributed by atoms with Crippen molar-refractivity contribution in [3.63, 3.8) is 0 Å². The number of carbonyl (C=O) groups is 1. The van der Waals surface area contributed by atoms with E-state index in [4.69, 9.17) is 16.3 Å². The first kappa shape index (κ1) is 13.0. The molecule has 1 aromatic heterocycles. The summed E-state index contributed by atoms with van der Waals surface area (Å²) >= 11 is 6.16. The average molecular weight is 245 g/mol. The Balaban J connectivity index is 2.93. The first-order chi connectivity index (χ1) is 7.63. The number of aryl methyl sites for hydroxylation is 2. The van der Waals surface area contributed by atoms with Crippen molar-refractivity contribution in [3.8, 4) is 0 Å². The molecule has 0 radical (unpaired) electrons. The Bertz CT molecular complexity index is 374. The molecule has 0 aliphatic heterocycles. The maximum Gasteiger partial charge on any atom is 0.311 e. The minimum atomic E-state index is -0.262. The maximum absolute atomic E-state index is 11.4. The van der Waals surface area contributed by atoms with E-state index in [0.29, 0.717) is 18.2 Å². The fourth-order valence-electron chi connectivity index (χ4n) is 1.53. The van der Waals surface area contributed by atoms with E-state index in [1.54, 1.807) is 11.6 Å². The molecule has 0 bridgehead atoms. The topological polar surface area (TPSA) is 44.1 Å². The third kappa shape index (κ3) is 2.76. The molecule has 0 unspecified atom stereocenters. The van der Waals surface area contributed by atoms with Crippen molar-refractivity contribution in [2.24, 2.45) is 0 Å². The third-order valence-corrected chi connectivity index (χ3v) is 2.75. The van der Waals surface area contributed by atoms with E-state index in [1.165, 1.54) is 0 Å². The van der Waals surface area contributed by atoms with E-state index >= 15 is 0 Å². The molecule has 0 amide bonds. The highest BCUT2D eigenvalue weighted by Gasteiger charge is 2.17. The van der Waals surface area contributed by atoms with Crippen LogP contribution in [0.5, 0.6) is 0 Å². The Morgan fingerprint density at radius 1 is 1.44 bits per heavy atom. The second kappa shape index (κ2) is 5.89. The summed E-state index contributed by atoms with van der Waals surface area (Å²) in [5.41, 5.74) is 1.59. The molecule has 1 heterocycles. The Kier molecular flexibility index (Phi) is 4.80. The van der Waals surface area contributed by atoms with Gasteiger partial charge in [0.25, 0.3) is 0 Å². The molecule has 0 aromatic carbocycles. The van der Waals surface area contributed by atoms with Crippen LogP contribution < -0.4 is 0 Å². The van der Waals surface area contributed by atoms with E-state index in [1.807, 2.05) is 13.8 Å². The van der Waals surface area contributed by atoms with Gasteiger partial charge < -0.3 is 4.74 Å². The number of nitrogens with zero attached hydrogens (tertiary/aromatic N) is 2. The second-order valence-corrected chi connectivity index (χ2v) is 3.74. The lowest BCUT2D eigenvalue weighted by molar-refractivity contribution is -0.142. The van der Waals surface area contributed by atoms with Gasteiger partial charge in [-0.1, -0.05) is 18.5 Å². The smallest absolute Gasteiger partial charge is 0.311 e. The van der Waals surface area contributed by atoms with E-state index in [0.717, 1.165) is 17.8 Å². The Hall–Kier alpha value is -1.03. The number of ether oxygens (including phenoxy) is 1. The lowest BCUT2D eigenvalue weighted by Gasteiger charge is -2.04. The van der Waals surface area contributed by atoms with Crippen LogP contribution in [-0.4, -0.2) is 22.4 Å². The Morgan fingerprint density at radius 3 is 2.62 bits per heavy atom. The molecule has 1 rings (SSSR count). The molecule has 90 valence electrons. The minimum absolute atomic E-state index is 0.188. The summed E-state index contributed by atoms with van der Waals surface area (Å²) in [7, 11) is 0. The molecule has 0 aliphatic carbocycles. The van der Waals surface area contributed by atoms with Gasteiger partial charge in [0.1, 0.15) is 0 Å². The SMILES string of the molecule is CCOC(=O)Cc1c(Cl)c(CC)nn1CC. The van der Waals surface area contributed by atoms with E-state index in [9.17, 15) is 4.79 Å². The molecule has 0 N–H and O–H groups in total. The van der Waals surface area contributed by atoms with Crippen molar-refractivity contribution in [3.05, 3.63) is 16.4 Å². The summed E-state index contributed by atoms with van der Waals surface area (Å²) in [4.78, 5) is 11.4. The van der Waals surface area contributed by atoms with Crippen molar-refractivity contribution in [2.75, 3.05) is 6.61 Å². The van der Waals surface area contributed by atoms with Gasteiger partial charge in [0.15, 0.2) is 0 Å². The molecule has 0 saturated carbocycles. The van der Waals surface area contributed by atoms with Crippen LogP contribution >= 0.6 is 11.6 Å². The summed E-state index contributed by atoms with van der Waals surface area (Å²) in [6, 6.07) is 0. The highest BCUT2D eigenvalue weighted by molar-refractivity contribution is 6.32. The second-order valence-electron chi connectivity index (χ2n) is 3.36. The van der Waals surface area contributed by atoms with Crippen molar-refractivity contribution in [1.82, 2.24) is 9.78 Å². The van der Waals surface area contributed by atoms with Gasteiger partial charge in [-0.15, -0.1) is 0 Å². The lowest BCUT2D eigenvalue weighted by atomic mass is 10.2. The van der Waals surface area contributed by atoms with Crippen LogP contribution in [0.2, 0.25) is 5.02 Å². The van der Waals surface area contributed by atoms with Gasteiger partial charge in [-0.05, 0) is 20.3 Å². The van der Waals surface area contributed by atoms with Crippen molar-refractivity contribution in [2.45, 2.75) is 40.2 Å². The van der Waals surface area contributed by atoms with Crippen molar-refractivity contribution >= 4 is 17.6 Å². The molecule has 0 saturated heterocycles. The fourth-order valence-corrected chi connectivity index (χ4v) is 1.87. The highest BCUT2D eigenvalue weighted by Crippen LogP contribution is 2.22. The maximum atomic E-state index is 11.4. The van der Waals surface area contributed by atoms with Gasteiger partial charge in [-0.3, -0.25) is 9.48 Å². The fraction of sp³-hybridized carbons (Fsp3) is 0.636. The van der Waals surface area contributed by atoms with Crippen LogP contribution in [0, 0.1) is 0 Å². The quantitative estimate of drug-likeness (QED) is 0.746. The minimum Gasteiger partial charge on any atom is -0.466 e. The van der Waals surface area contributed by atoms with E-state index in [-0.39, 0.29) is 12.4 Å². The first-order valence-electron chi connectivity index (χ1n) is 5.53. The summed E-state index contributed by atoms with van der Waals surface area (Å²) < 4.78 is 6.67. The summed E-state index contributed by atoms with van der Waals surface area (Å²) in [6.07, 6.45) is 0.954. The van der Waals surface area contributed by atoms with Gasteiger partial charge in [0, 0.05) is 6.54 Å². The largest absolute Gasteiger partial charge is 0.466 e. The zero-order valence-corrected chi connectivity index (χ0v) is 10.7. The zero-order chi connectivity index (χ0) is 12.1. The molecular weight excluding hydrogens is 228 g/mol. The molecule has 0 spiro atoms. The van der Waals surface area contributed by atoms with Gasteiger partial charge >= 0.3 is 5.97 Å². The molecular formula is C11H17ClN2O2. The number of hydrogen-bond donors (Lipinski definition) is 0. The number of esters is 1. The van der Waals surface area contributed by atoms with Gasteiger partial charge in [-0.25, -0.2) is 0 Å². The highest BCUT2D eigenvalue weighted by atomic mass is 35.5. The summed E-state index contributed by atoms with van der Waals surface area (Å²) in [6.45, 7) is 6.83. The molecule has 5 heteroatoms. The zero-order valence-electron chi connectivity index (χ0n) is 9.92. The monoisotopic (exact) mass is 244 g/mol. The first-order valence-corrected chi connectivity index (χ1v) is 5.91. The summed E-state index contributed by atoms with van der Waals surface area (Å²) in [5.74, 6) is -0.262. The van der Waals surface area contributed by atoms with Gasteiger partial charge in [0.2, 0.25) is 0 Å². The predicted octanol–water partition coefficient (Wildman–Crippen LogP) is 2.22. The van der Waals surface area contributed by atoms with Gasteiger partial charge in [-0.2, -0.15) is 5.10 Å². The predicted molar refractivity (Wildman–Crippen MR) is 62.6 cm³/mol. The van der Waals surface area contributed by atoms with E-state index < -0.39 is 0 Å². The molecule has 0 fully saturated rings. The Labute approximate surface area is 101 Å². The lowest BCUT2D eigenvalue weighted by Crippen LogP contribution is -2.12. The molecule has 4 nitrogen and oxygen atoms in total. The number of rotatable bonds is 5. The molecule has 0 aliphatic rings. The van der Waals surface area contributed by atoms with Crippen LogP contribution in [0.1, 0.15) is 32.2 Å². The molecule has 16 heavy (non-hydrogen) atoms. The number of hydrogen-bond acceptors (Lipinski definition) is 3. The summed E-state index contributed by atoms with van der Waals surface area (Å²) in [5, 5.41) is 4.93. The third-order valence-electron chi connectivity index (χ3n) is 2.31. The van der Waals surface area contributed by atoms with Crippen LogP contribution in [0.3, 0.4) is 0 Å². The van der Waals surface area contributed by atoms with Crippen LogP contribution in [-0.2, 0) is 28.9 Å². The van der Waals surface area contributed by atoms with Crippen LogP contribution in [0.4, 0.5) is 0 Å². The standard InChI is InChI=1S/C11H17ClN2O2/c1-4-8-11(12)9(14(5-2)13-8)7-10(15)16-6-3/h4-7H2,1-3H3. The van der Waals surface area contributed by atoms with E-state index in [2.05, 4.69) is 5.10 Å². The van der Waals surface area contributed by atoms with Crippen LogP contribution in [0.15, 0.2) is 0 Å².